The van der Waals surface area contributed by atoms with Crippen molar-refractivity contribution in [3.63, 3.8) is 0 Å². The maximum absolute atomic E-state index is 13.1. The second-order valence-corrected chi connectivity index (χ2v) is 8.97. The maximum Gasteiger partial charge on any atom is 0.306 e. The number of hydrogen-bond donors (Lipinski definition) is 2. The van der Waals surface area contributed by atoms with Gasteiger partial charge in [-0.25, -0.2) is 5.10 Å². The molecule has 34 heavy (non-hydrogen) atoms. The van der Waals surface area contributed by atoms with Gasteiger partial charge in [-0.3, -0.25) is 9.59 Å². The molecule has 3 aromatic rings. The third-order valence-electron chi connectivity index (χ3n) is 6.65. The van der Waals surface area contributed by atoms with Crippen molar-refractivity contribution in [2.24, 2.45) is 5.92 Å². The highest BCUT2D eigenvalue weighted by Gasteiger charge is 2.32. The number of carbonyl (C=O) groups excluding carboxylic acids is 1. The van der Waals surface area contributed by atoms with Crippen LogP contribution in [0.25, 0.3) is 22.5 Å². The molecule has 1 amide bonds. The Morgan fingerprint density at radius 3 is 2.53 bits per heavy atom. The summed E-state index contributed by atoms with van der Waals surface area (Å²) in [4.78, 5) is 26.6. The summed E-state index contributed by atoms with van der Waals surface area (Å²) in [5.74, 6) is -0.400. The summed E-state index contributed by atoms with van der Waals surface area (Å²) in [7, 11) is 0. The first-order valence-corrected chi connectivity index (χ1v) is 12.0. The summed E-state index contributed by atoms with van der Waals surface area (Å²) < 4.78 is 0. The number of hydrogen-bond acceptors (Lipinski definition) is 5. The quantitative estimate of drug-likeness (QED) is 0.478. The Bertz CT molecular complexity index is 1100. The van der Waals surface area contributed by atoms with E-state index in [0.29, 0.717) is 31.6 Å². The van der Waals surface area contributed by atoms with E-state index < -0.39 is 5.97 Å². The SMILES string of the molecule is CCCCC(=O)N(Cc1ccc(-c2ccccc2-c2nnn[nH]2)cc1)C1CCCC(C(=O)O)C1. The molecule has 178 valence electrons. The van der Waals surface area contributed by atoms with E-state index >= 15 is 0 Å². The first kappa shape index (κ1) is 23.6. The van der Waals surface area contributed by atoms with Crippen molar-refractivity contribution in [3.05, 3.63) is 54.1 Å². The fourth-order valence-corrected chi connectivity index (χ4v) is 4.76. The van der Waals surface area contributed by atoms with E-state index in [4.69, 9.17) is 0 Å². The summed E-state index contributed by atoms with van der Waals surface area (Å²) in [6.07, 6.45) is 5.22. The number of aromatic amines is 1. The molecular formula is C26H31N5O3. The number of carboxylic acids is 1. The number of nitrogens with zero attached hydrogens (tertiary/aromatic N) is 4. The first-order chi connectivity index (χ1) is 16.6. The molecule has 2 unspecified atom stereocenters. The number of rotatable bonds is 9. The Kier molecular flexibility index (Phi) is 7.67. The third kappa shape index (κ3) is 5.50. The van der Waals surface area contributed by atoms with Crippen LogP contribution in [0.5, 0.6) is 0 Å². The van der Waals surface area contributed by atoms with Gasteiger partial charge >= 0.3 is 5.97 Å². The van der Waals surface area contributed by atoms with Crippen molar-refractivity contribution < 1.29 is 14.7 Å². The van der Waals surface area contributed by atoms with Gasteiger partial charge in [0.05, 0.1) is 5.92 Å². The number of aromatic nitrogens is 4. The normalized spacial score (nSPS) is 17.9. The number of H-pyrrole nitrogens is 1. The average molecular weight is 462 g/mol. The van der Waals surface area contributed by atoms with Gasteiger partial charge in [-0.05, 0) is 52.8 Å². The van der Waals surface area contributed by atoms with Gasteiger partial charge in [0.1, 0.15) is 0 Å². The highest BCUT2D eigenvalue weighted by molar-refractivity contribution is 5.80. The molecule has 2 atom stereocenters. The predicted octanol–water partition coefficient (Wildman–Crippen LogP) is 4.70. The van der Waals surface area contributed by atoms with Crippen LogP contribution in [0.2, 0.25) is 0 Å². The Labute approximate surface area is 199 Å². The molecule has 0 bridgehead atoms. The second-order valence-electron chi connectivity index (χ2n) is 8.97. The summed E-state index contributed by atoms with van der Waals surface area (Å²) in [6.45, 7) is 2.57. The minimum absolute atomic E-state index is 0.0291. The molecule has 1 aromatic heterocycles. The summed E-state index contributed by atoms with van der Waals surface area (Å²) in [6, 6.07) is 16.1. The van der Waals surface area contributed by atoms with Crippen molar-refractivity contribution in [3.8, 4) is 22.5 Å². The maximum atomic E-state index is 13.1. The van der Waals surface area contributed by atoms with E-state index in [2.05, 4.69) is 27.5 Å². The molecular weight excluding hydrogens is 430 g/mol. The van der Waals surface area contributed by atoms with E-state index in [1.165, 1.54) is 0 Å². The molecule has 2 N–H and O–H groups in total. The van der Waals surface area contributed by atoms with E-state index in [-0.39, 0.29) is 17.9 Å². The first-order valence-electron chi connectivity index (χ1n) is 12.0. The molecule has 4 rings (SSSR count). The van der Waals surface area contributed by atoms with Gasteiger partial charge in [-0.1, -0.05) is 68.3 Å². The molecule has 1 fully saturated rings. The van der Waals surface area contributed by atoms with Crippen LogP contribution < -0.4 is 0 Å². The van der Waals surface area contributed by atoms with Crippen LogP contribution in [-0.2, 0) is 16.1 Å². The number of aliphatic carboxylic acids is 1. The van der Waals surface area contributed by atoms with E-state index in [1.807, 2.05) is 53.4 Å². The molecule has 0 saturated heterocycles. The number of carbonyl (C=O) groups is 2. The summed E-state index contributed by atoms with van der Waals surface area (Å²) >= 11 is 0. The number of tetrazole rings is 1. The van der Waals surface area contributed by atoms with Crippen LogP contribution in [0, 0.1) is 5.92 Å². The molecule has 1 aliphatic rings. The lowest BCUT2D eigenvalue weighted by molar-refractivity contribution is -0.146. The minimum Gasteiger partial charge on any atom is -0.481 e. The molecule has 1 saturated carbocycles. The number of amides is 1. The average Bonchev–Trinajstić information content (AvgIpc) is 3.41. The van der Waals surface area contributed by atoms with Gasteiger partial charge in [0.25, 0.3) is 0 Å². The van der Waals surface area contributed by atoms with Crippen LogP contribution >= 0.6 is 0 Å². The zero-order chi connectivity index (χ0) is 23.9. The molecule has 2 aromatic carbocycles. The largest absolute Gasteiger partial charge is 0.481 e. The lowest BCUT2D eigenvalue weighted by atomic mass is 9.84. The Morgan fingerprint density at radius 2 is 1.85 bits per heavy atom. The molecule has 1 aliphatic carbocycles. The molecule has 1 heterocycles. The highest BCUT2D eigenvalue weighted by atomic mass is 16.4. The fraction of sp³-hybridized carbons (Fsp3) is 0.423. The smallest absolute Gasteiger partial charge is 0.306 e. The Balaban J connectivity index is 1.55. The van der Waals surface area contributed by atoms with Gasteiger partial charge < -0.3 is 10.0 Å². The van der Waals surface area contributed by atoms with E-state index in [0.717, 1.165) is 47.9 Å². The minimum atomic E-state index is -0.754. The topological polar surface area (TPSA) is 112 Å². The molecule has 8 heteroatoms. The van der Waals surface area contributed by atoms with Gasteiger partial charge in [0.15, 0.2) is 5.82 Å². The highest BCUT2D eigenvalue weighted by Crippen LogP contribution is 2.32. The predicted molar refractivity (Wildman–Crippen MR) is 129 cm³/mol. The van der Waals surface area contributed by atoms with Crippen LogP contribution in [0.3, 0.4) is 0 Å². The number of unbranched alkanes of at least 4 members (excludes halogenated alkanes) is 1. The van der Waals surface area contributed by atoms with Crippen LogP contribution in [0.4, 0.5) is 0 Å². The van der Waals surface area contributed by atoms with Gasteiger partial charge in [-0.15, -0.1) is 5.10 Å². The van der Waals surface area contributed by atoms with Crippen molar-refractivity contribution in [1.82, 2.24) is 25.5 Å². The summed E-state index contributed by atoms with van der Waals surface area (Å²) in [5, 5.41) is 23.7. The molecule has 8 nitrogen and oxygen atoms in total. The lowest BCUT2D eigenvalue weighted by Gasteiger charge is -2.37. The van der Waals surface area contributed by atoms with Gasteiger partial charge in [0.2, 0.25) is 5.91 Å². The zero-order valence-corrected chi connectivity index (χ0v) is 19.5. The third-order valence-corrected chi connectivity index (χ3v) is 6.65. The lowest BCUT2D eigenvalue weighted by Crippen LogP contribution is -2.43. The van der Waals surface area contributed by atoms with E-state index in [1.54, 1.807) is 0 Å². The van der Waals surface area contributed by atoms with Crippen molar-refractivity contribution in [2.45, 2.75) is 64.5 Å². The van der Waals surface area contributed by atoms with Gasteiger partial charge in [0, 0.05) is 24.6 Å². The van der Waals surface area contributed by atoms with Crippen LogP contribution in [-0.4, -0.2) is 48.5 Å². The number of benzene rings is 2. The molecule has 0 radical (unpaired) electrons. The summed E-state index contributed by atoms with van der Waals surface area (Å²) in [5.41, 5.74) is 3.99. The van der Waals surface area contributed by atoms with Crippen LogP contribution in [0.15, 0.2) is 48.5 Å². The molecule has 0 spiro atoms. The van der Waals surface area contributed by atoms with Crippen LogP contribution in [0.1, 0.15) is 57.4 Å². The van der Waals surface area contributed by atoms with E-state index in [9.17, 15) is 14.7 Å². The van der Waals surface area contributed by atoms with Gasteiger partial charge in [-0.2, -0.15) is 0 Å². The Hall–Kier alpha value is -3.55. The zero-order valence-electron chi connectivity index (χ0n) is 19.5. The Morgan fingerprint density at radius 1 is 1.09 bits per heavy atom. The van der Waals surface area contributed by atoms with Crippen molar-refractivity contribution in [2.75, 3.05) is 0 Å². The monoisotopic (exact) mass is 461 g/mol. The fourth-order valence-electron chi connectivity index (χ4n) is 4.76. The second kappa shape index (κ2) is 11.0. The van der Waals surface area contributed by atoms with Crippen molar-refractivity contribution in [1.29, 1.82) is 0 Å². The number of carboxylic acid groups (broad SMARTS) is 1. The number of nitrogens with one attached hydrogen (secondary N) is 1. The standard InChI is InChI=1S/C26H31N5O3/c1-2-3-11-24(32)31(21-8-6-7-20(16-21)26(33)34)17-18-12-14-19(15-13-18)22-9-4-5-10-23(22)25-27-29-30-28-25/h4-5,9-10,12-15,20-21H,2-3,6-8,11,16-17H2,1H3,(H,33,34)(H,27,28,29,30). The molecule has 0 aliphatic heterocycles. The van der Waals surface area contributed by atoms with Crippen molar-refractivity contribution >= 4 is 11.9 Å².